The highest BCUT2D eigenvalue weighted by atomic mass is 15.2. The molecule has 0 amide bonds. The Hall–Kier alpha value is -1.35. The first kappa shape index (κ1) is 9.74. The summed E-state index contributed by atoms with van der Waals surface area (Å²) in [6.07, 6.45) is 0. The van der Waals surface area contributed by atoms with Crippen LogP contribution in [0.5, 0.6) is 0 Å². The van der Waals surface area contributed by atoms with Crippen molar-refractivity contribution in [2.45, 2.75) is 0 Å². The molecule has 0 aliphatic carbocycles. The molecule has 0 heterocycles. The van der Waals surface area contributed by atoms with Gasteiger partial charge < -0.3 is 10.7 Å². The third kappa shape index (κ3) is 2.87. The predicted molar refractivity (Wildman–Crippen MR) is 55.7 cm³/mol. The van der Waals surface area contributed by atoms with Crippen molar-refractivity contribution in [2.24, 2.45) is 10.9 Å². The van der Waals surface area contributed by atoms with Gasteiger partial charge in [0.25, 0.3) is 0 Å². The number of nitrogens with zero attached hydrogens (tertiary/aromatic N) is 2. The van der Waals surface area contributed by atoms with Gasteiger partial charge in [0.2, 0.25) is 0 Å². The fourth-order valence-corrected chi connectivity index (χ4v) is 1.14. The van der Waals surface area contributed by atoms with Gasteiger partial charge in [-0.1, -0.05) is 30.3 Å². The van der Waals surface area contributed by atoms with Crippen LogP contribution in [0.2, 0.25) is 0 Å². The van der Waals surface area contributed by atoms with Gasteiger partial charge in [-0.05, 0) is 19.7 Å². The fraction of sp³-hybridized carbons (Fsp3) is 0.300. The van der Waals surface area contributed by atoms with E-state index in [0.717, 1.165) is 17.8 Å². The minimum Gasteiger partial charge on any atom is -0.323 e. The van der Waals surface area contributed by atoms with Gasteiger partial charge in [0.1, 0.15) is 0 Å². The van der Waals surface area contributed by atoms with Gasteiger partial charge in [0, 0.05) is 6.54 Å². The Balaban J connectivity index is 2.80. The third-order valence-corrected chi connectivity index (χ3v) is 1.73. The summed E-state index contributed by atoms with van der Waals surface area (Å²) in [6.45, 7) is 0.764. The van der Waals surface area contributed by atoms with Gasteiger partial charge in [0.05, 0.1) is 5.71 Å². The van der Waals surface area contributed by atoms with Crippen molar-refractivity contribution >= 4 is 5.71 Å². The number of nitrogens with two attached hydrogens (primary N) is 1. The Morgan fingerprint density at radius 3 is 2.38 bits per heavy atom. The summed E-state index contributed by atoms with van der Waals surface area (Å²) < 4.78 is 0. The molecule has 0 aliphatic heterocycles. The lowest BCUT2D eigenvalue weighted by Crippen LogP contribution is -2.23. The zero-order chi connectivity index (χ0) is 9.68. The molecule has 13 heavy (non-hydrogen) atoms. The summed E-state index contributed by atoms with van der Waals surface area (Å²) in [5, 5.41) is 3.77. The molecule has 0 aliphatic rings. The average molecular weight is 177 g/mol. The highest BCUT2D eigenvalue weighted by molar-refractivity contribution is 6.01. The molecule has 0 aromatic heterocycles. The van der Waals surface area contributed by atoms with Crippen LogP contribution in [0.15, 0.2) is 35.4 Å². The van der Waals surface area contributed by atoms with Gasteiger partial charge in [-0.3, -0.25) is 0 Å². The first-order valence-corrected chi connectivity index (χ1v) is 4.21. The van der Waals surface area contributed by atoms with E-state index in [1.807, 2.05) is 49.3 Å². The van der Waals surface area contributed by atoms with E-state index < -0.39 is 0 Å². The van der Waals surface area contributed by atoms with Crippen LogP contribution in [0.1, 0.15) is 5.56 Å². The molecule has 0 radical (unpaired) electrons. The maximum Gasteiger partial charge on any atom is 0.0812 e. The lowest BCUT2D eigenvalue weighted by Gasteiger charge is -2.11. The molecule has 1 aromatic rings. The topological polar surface area (TPSA) is 41.6 Å². The smallest absolute Gasteiger partial charge is 0.0812 e. The minimum atomic E-state index is 0.764. The second-order valence-electron chi connectivity index (χ2n) is 3.18. The maximum absolute atomic E-state index is 5.31. The van der Waals surface area contributed by atoms with Crippen molar-refractivity contribution in [3.05, 3.63) is 35.9 Å². The SMILES string of the molecule is CN(C)CC(=NN)c1ccccc1. The summed E-state index contributed by atoms with van der Waals surface area (Å²) in [6, 6.07) is 9.96. The number of hydrazone groups is 1. The van der Waals surface area contributed by atoms with Crippen LogP contribution in [0, 0.1) is 0 Å². The minimum absolute atomic E-state index is 0.764. The Kier molecular flexibility index (Phi) is 3.46. The summed E-state index contributed by atoms with van der Waals surface area (Å²) >= 11 is 0. The molecule has 0 saturated carbocycles. The van der Waals surface area contributed by atoms with Crippen molar-refractivity contribution < 1.29 is 0 Å². The Labute approximate surface area is 78.9 Å². The van der Waals surface area contributed by atoms with Crippen LogP contribution in [0.4, 0.5) is 0 Å². The van der Waals surface area contributed by atoms with Crippen LogP contribution in [0.3, 0.4) is 0 Å². The molecule has 0 bridgehead atoms. The van der Waals surface area contributed by atoms with Crippen molar-refractivity contribution in [1.29, 1.82) is 0 Å². The molecule has 0 fully saturated rings. The van der Waals surface area contributed by atoms with E-state index in [1.54, 1.807) is 0 Å². The third-order valence-electron chi connectivity index (χ3n) is 1.73. The zero-order valence-corrected chi connectivity index (χ0v) is 8.07. The van der Waals surface area contributed by atoms with E-state index in [0.29, 0.717) is 0 Å². The largest absolute Gasteiger partial charge is 0.323 e. The maximum atomic E-state index is 5.31. The number of rotatable bonds is 3. The molecule has 0 unspecified atom stereocenters. The highest BCUT2D eigenvalue weighted by Crippen LogP contribution is 2.01. The van der Waals surface area contributed by atoms with Gasteiger partial charge in [-0.15, -0.1) is 0 Å². The van der Waals surface area contributed by atoms with Crippen molar-refractivity contribution in [3.63, 3.8) is 0 Å². The monoisotopic (exact) mass is 177 g/mol. The second kappa shape index (κ2) is 4.62. The molecule has 2 N–H and O–H groups in total. The van der Waals surface area contributed by atoms with E-state index in [4.69, 9.17) is 5.84 Å². The average Bonchev–Trinajstić information content (AvgIpc) is 2.15. The molecule has 1 rings (SSSR count). The Morgan fingerprint density at radius 1 is 1.31 bits per heavy atom. The van der Waals surface area contributed by atoms with E-state index in [-0.39, 0.29) is 0 Å². The lowest BCUT2D eigenvalue weighted by molar-refractivity contribution is 0.469. The molecule has 0 saturated heterocycles. The van der Waals surface area contributed by atoms with E-state index in [2.05, 4.69) is 5.10 Å². The highest BCUT2D eigenvalue weighted by Gasteiger charge is 2.02. The Bertz CT molecular complexity index is 277. The van der Waals surface area contributed by atoms with Gasteiger partial charge in [-0.25, -0.2) is 0 Å². The molecule has 70 valence electrons. The standard InChI is InChI=1S/C10H15N3/c1-13(2)8-10(12-11)9-6-4-3-5-7-9/h3-7H,8,11H2,1-2H3. The summed E-state index contributed by atoms with van der Waals surface area (Å²) in [5.74, 6) is 5.31. The molecule has 0 spiro atoms. The predicted octanol–water partition coefficient (Wildman–Crippen LogP) is 0.911. The molecular formula is C10H15N3. The van der Waals surface area contributed by atoms with Gasteiger partial charge in [0.15, 0.2) is 0 Å². The summed E-state index contributed by atoms with van der Waals surface area (Å²) in [5.41, 5.74) is 1.99. The molecule has 1 aromatic carbocycles. The fourth-order valence-electron chi connectivity index (χ4n) is 1.14. The first-order valence-electron chi connectivity index (χ1n) is 4.21. The van der Waals surface area contributed by atoms with Crippen LogP contribution < -0.4 is 5.84 Å². The summed E-state index contributed by atoms with van der Waals surface area (Å²) in [7, 11) is 3.99. The number of likely N-dealkylation sites (N-methyl/N-ethyl adjacent to an activating group) is 1. The molecular weight excluding hydrogens is 162 g/mol. The van der Waals surface area contributed by atoms with Crippen molar-refractivity contribution in [1.82, 2.24) is 4.90 Å². The first-order chi connectivity index (χ1) is 6.24. The van der Waals surface area contributed by atoms with E-state index in [1.165, 1.54) is 0 Å². The second-order valence-corrected chi connectivity index (χ2v) is 3.18. The van der Waals surface area contributed by atoms with Crippen LogP contribution in [-0.4, -0.2) is 31.3 Å². The lowest BCUT2D eigenvalue weighted by atomic mass is 10.1. The van der Waals surface area contributed by atoms with Crippen molar-refractivity contribution in [3.8, 4) is 0 Å². The van der Waals surface area contributed by atoms with Crippen LogP contribution >= 0.6 is 0 Å². The van der Waals surface area contributed by atoms with Crippen LogP contribution in [-0.2, 0) is 0 Å². The quantitative estimate of drug-likeness (QED) is 0.423. The molecule has 0 atom stereocenters. The Morgan fingerprint density at radius 2 is 1.92 bits per heavy atom. The van der Waals surface area contributed by atoms with Crippen LogP contribution in [0.25, 0.3) is 0 Å². The molecule has 3 nitrogen and oxygen atoms in total. The normalized spacial score (nSPS) is 12.1. The summed E-state index contributed by atoms with van der Waals surface area (Å²) in [4.78, 5) is 2.04. The van der Waals surface area contributed by atoms with Crippen molar-refractivity contribution in [2.75, 3.05) is 20.6 Å². The number of hydrogen-bond donors (Lipinski definition) is 1. The van der Waals surface area contributed by atoms with E-state index >= 15 is 0 Å². The van der Waals surface area contributed by atoms with E-state index in [9.17, 15) is 0 Å². The molecule has 3 heteroatoms. The van der Waals surface area contributed by atoms with Gasteiger partial charge in [-0.2, -0.15) is 5.10 Å². The zero-order valence-electron chi connectivity index (χ0n) is 8.07. The van der Waals surface area contributed by atoms with Gasteiger partial charge >= 0.3 is 0 Å². The number of hydrogen-bond acceptors (Lipinski definition) is 3. The number of benzene rings is 1.